The number of hydrogen-bond acceptors (Lipinski definition) is 2. The average Bonchev–Trinajstić information content (AvgIpc) is 1.69. The molecule has 3 N–H and O–H groups in total. The van der Waals surface area contributed by atoms with Crippen molar-refractivity contribution in [2.24, 2.45) is 5.84 Å². The Labute approximate surface area is 44.4 Å². The molecule has 2 heteroatoms. The molecular formula is C5H12N2. The van der Waals surface area contributed by atoms with E-state index in [1.165, 1.54) is 0 Å². The van der Waals surface area contributed by atoms with Crippen molar-refractivity contribution >= 4 is 0 Å². The van der Waals surface area contributed by atoms with Crippen LogP contribution in [-0.2, 0) is 0 Å². The molecule has 0 aliphatic carbocycles. The highest BCUT2D eigenvalue weighted by Gasteiger charge is 1.65. The predicted octanol–water partition coefficient (Wildman–Crippen LogP) is 0.416. The summed E-state index contributed by atoms with van der Waals surface area (Å²) in [4.78, 5) is 0. The number of allylic oxidation sites excluding steroid dienone is 1. The lowest BCUT2D eigenvalue weighted by Crippen LogP contribution is -2.21. The van der Waals surface area contributed by atoms with Crippen molar-refractivity contribution < 1.29 is 0 Å². The third-order valence-corrected chi connectivity index (χ3v) is 0.638. The lowest BCUT2D eigenvalue weighted by Gasteiger charge is -1.84. The summed E-state index contributed by atoms with van der Waals surface area (Å²) in [6.07, 6.45) is 5.15. The molecular weight excluding hydrogens is 88.1 g/mol. The molecule has 0 atom stereocenters. The summed E-state index contributed by atoms with van der Waals surface area (Å²) in [6.45, 7) is 2.86. The highest BCUT2D eigenvalue weighted by molar-refractivity contribution is 4.80. The molecule has 0 radical (unpaired) electrons. The van der Waals surface area contributed by atoms with Crippen LogP contribution in [0.25, 0.3) is 0 Å². The largest absolute Gasteiger partial charge is 0.271 e. The summed E-state index contributed by atoms with van der Waals surface area (Å²) < 4.78 is 0. The highest BCUT2D eigenvalue weighted by atomic mass is 15.2. The van der Waals surface area contributed by atoms with Gasteiger partial charge in [0.05, 0.1) is 0 Å². The number of hydrogen-bond donors (Lipinski definition) is 2. The topological polar surface area (TPSA) is 38.0 Å². The first-order valence-electron chi connectivity index (χ1n) is 2.50. The van der Waals surface area contributed by atoms with Crippen molar-refractivity contribution in [3.8, 4) is 0 Å². The van der Waals surface area contributed by atoms with E-state index in [0.717, 1.165) is 13.0 Å². The molecule has 0 saturated carbocycles. The summed E-state index contributed by atoms with van der Waals surface area (Å²) in [7, 11) is 0. The Morgan fingerprint density at radius 2 is 2.29 bits per heavy atom. The molecule has 0 unspecified atom stereocenters. The molecule has 0 rings (SSSR count). The standard InChI is InChI=1S/C5H12N2/c1-2-3-4-5-7-6/h3-4,7H,2,5-6H2,1H3/b4-3+. The number of nitrogens with one attached hydrogen (secondary N) is 1. The van der Waals surface area contributed by atoms with Gasteiger partial charge in [-0.05, 0) is 6.42 Å². The quantitative estimate of drug-likeness (QED) is 0.306. The maximum absolute atomic E-state index is 4.97. The predicted molar refractivity (Wildman–Crippen MR) is 31.6 cm³/mol. The first kappa shape index (κ1) is 6.66. The van der Waals surface area contributed by atoms with E-state index < -0.39 is 0 Å². The van der Waals surface area contributed by atoms with Crippen molar-refractivity contribution in [1.82, 2.24) is 5.43 Å². The van der Waals surface area contributed by atoms with E-state index in [-0.39, 0.29) is 0 Å². The van der Waals surface area contributed by atoms with Crippen LogP contribution in [0, 0.1) is 0 Å². The summed E-state index contributed by atoms with van der Waals surface area (Å²) in [5, 5.41) is 0. The fraction of sp³-hybridized carbons (Fsp3) is 0.600. The lowest BCUT2D eigenvalue weighted by molar-refractivity contribution is 0.821. The van der Waals surface area contributed by atoms with Crippen molar-refractivity contribution in [3.63, 3.8) is 0 Å². The number of nitrogens with two attached hydrogens (primary N) is 1. The van der Waals surface area contributed by atoms with Crippen LogP contribution in [-0.4, -0.2) is 6.54 Å². The SMILES string of the molecule is CC/C=C/CNN. The molecule has 42 valence electrons. The molecule has 0 bridgehead atoms. The zero-order chi connectivity index (χ0) is 5.54. The van der Waals surface area contributed by atoms with E-state index in [1.54, 1.807) is 0 Å². The molecule has 0 aromatic heterocycles. The Bertz CT molecular complexity index is 50.0. The van der Waals surface area contributed by atoms with Crippen LogP contribution < -0.4 is 11.3 Å². The van der Waals surface area contributed by atoms with Gasteiger partial charge in [0.25, 0.3) is 0 Å². The van der Waals surface area contributed by atoms with Crippen molar-refractivity contribution in [1.29, 1.82) is 0 Å². The molecule has 0 aromatic carbocycles. The van der Waals surface area contributed by atoms with Gasteiger partial charge in [-0.15, -0.1) is 0 Å². The van der Waals surface area contributed by atoms with E-state index in [2.05, 4.69) is 18.4 Å². The van der Waals surface area contributed by atoms with Crippen molar-refractivity contribution in [3.05, 3.63) is 12.2 Å². The fourth-order valence-electron chi connectivity index (χ4n) is 0.318. The molecule has 0 spiro atoms. The van der Waals surface area contributed by atoms with Gasteiger partial charge in [0.15, 0.2) is 0 Å². The molecule has 0 aliphatic heterocycles. The monoisotopic (exact) mass is 100 g/mol. The summed E-state index contributed by atoms with van der Waals surface area (Å²) in [5.41, 5.74) is 2.52. The minimum absolute atomic E-state index is 0.772. The Hall–Kier alpha value is -0.340. The summed E-state index contributed by atoms with van der Waals surface area (Å²) in [6, 6.07) is 0. The van der Waals surface area contributed by atoms with Gasteiger partial charge in [0, 0.05) is 6.54 Å². The third-order valence-electron chi connectivity index (χ3n) is 0.638. The molecule has 2 nitrogen and oxygen atoms in total. The number of rotatable bonds is 3. The highest BCUT2D eigenvalue weighted by Crippen LogP contribution is 1.74. The smallest absolute Gasteiger partial charge is 0.0278 e. The summed E-state index contributed by atoms with van der Waals surface area (Å²) in [5.74, 6) is 4.97. The molecule has 0 saturated heterocycles. The van der Waals surface area contributed by atoms with Crippen LogP contribution in [0.5, 0.6) is 0 Å². The van der Waals surface area contributed by atoms with Gasteiger partial charge < -0.3 is 0 Å². The Morgan fingerprint density at radius 3 is 2.71 bits per heavy atom. The molecule has 0 aromatic rings. The Kier molecular flexibility index (Phi) is 5.39. The van der Waals surface area contributed by atoms with E-state index in [0.29, 0.717) is 0 Å². The third kappa shape index (κ3) is 5.66. The normalized spacial score (nSPS) is 10.6. The maximum atomic E-state index is 4.97. The second-order valence-corrected chi connectivity index (χ2v) is 1.29. The lowest BCUT2D eigenvalue weighted by atomic mass is 10.4. The van der Waals surface area contributed by atoms with Gasteiger partial charge in [0.1, 0.15) is 0 Å². The van der Waals surface area contributed by atoms with E-state index in [1.807, 2.05) is 6.08 Å². The van der Waals surface area contributed by atoms with Crippen LogP contribution in [0.15, 0.2) is 12.2 Å². The van der Waals surface area contributed by atoms with Gasteiger partial charge in [-0.2, -0.15) is 0 Å². The molecule has 0 heterocycles. The average molecular weight is 100 g/mol. The van der Waals surface area contributed by atoms with Gasteiger partial charge in [0.2, 0.25) is 0 Å². The van der Waals surface area contributed by atoms with Crippen molar-refractivity contribution in [2.75, 3.05) is 6.54 Å². The van der Waals surface area contributed by atoms with Gasteiger partial charge in [-0.1, -0.05) is 19.1 Å². The second-order valence-electron chi connectivity index (χ2n) is 1.29. The van der Waals surface area contributed by atoms with Crippen LogP contribution in [0.4, 0.5) is 0 Å². The van der Waals surface area contributed by atoms with E-state index in [4.69, 9.17) is 5.84 Å². The molecule has 0 fully saturated rings. The molecule has 0 amide bonds. The number of hydrazine groups is 1. The summed E-state index contributed by atoms with van der Waals surface area (Å²) >= 11 is 0. The van der Waals surface area contributed by atoms with E-state index >= 15 is 0 Å². The fourth-order valence-corrected chi connectivity index (χ4v) is 0.318. The van der Waals surface area contributed by atoms with Crippen LogP contribution >= 0.6 is 0 Å². The van der Waals surface area contributed by atoms with Crippen molar-refractivity contribution in [2.45, 2.75) is 13.3 Å². The van der Waals surface area contributed by atoms with Crippen LogP contribution in [0.1, 0.15) is 13.3 Å². The van der Waals surface area contributed by atoms with Gasteiger partial charge in [-0.25, -0.2) is 0 Å². The molecule has 0 aliphatic rings. The maximum Gasteiger partial charge on any atom is 0.0278 e. The zero-order valence-corrected chi connectivity index (χ0v) is 4.65. The van der Waals surface area contributed by atoms with Crippen LogP contribution in [0.3, 0.4) is 0 Å². The van der Waals surface area contributed by atoms with Gasteiger partial charge >= 0.3 is 0 Å². The Morgan fingerprint density at radius 1 is 1.57 bits per heavy atom. The first-order valence-corrected chi connectivity index (χ1v) is 2.50. The minimum Gasteiger partial charge on any atom is -0.271 e. The second kappa shape index (κ2) is 5.66. The van der Waals surface area contributed by atoms with Gasteiger partial charge in [-0.3, -0.25) is 11.3 Å². The molecule has 7 heavy (non-hydrogen) atoms. The van der Waals surface area contributed by atoms with Crippen LogP contribution in [0.2, 0.25) is 0 Å². The minimum atomic E-state index is 0.772. The zero-order valence-electron chi connectivity index (χ0n) is 4.65. The van der Waals surface area contributed by atoms with E-state index in [9.17, 15) is 0 Å². The Balaban J connectivity index is 2.78. The first-order chi connectivity index (χ1) is 3.41.